The molecule has 3 nitrogen and oxygen atoms in total. The van der Waals surface area contributed by atoms with Crippen molar-refractivity contribution >= 4 is 21.9 Å². The van der Waals surface area contributed by atoms with Gasteiger partial charge in [-0.2, -0.15) is 0 Å². The molecule has 0 amide bonds. The van der Waals surface area contributed by atoms with E-state index in [9.17, 15) is 9.18 Å². The predicted octanol–water partition coefficient (Wildman–Crippen LogP) is 2.41. The van der Waals surface area contributed by atoms with Gasteiger partial charge in [-0.3, -0.25) is 0 Å². The molecule has 0 heterocycles. The number of hydrogen-bond donors (Lipinski definition) is 1. The van der Waals surface area contributed by atoms with Crippen LogP contribution >= 0.6 is 15.9 Å². The fourth-order valence-electron chi connectivity index (χ4n) is 1.34. The number of carbonyl (C=O) groups is 1. The zero-order valence-corrected chi connectivity index (χ0v) is 10.7. The number of likely N-dealkylation sites (N-methyl/N-ethyl adjacent to an activating group) is 1. The average Bonchev–Trinajstić information content (AvgIpc) is 2.25. The van der Waals surface area contributed by atoms with E-state index >= 15 is 0 Å². The Bertz CT molecular complexity index is 384. The maximum absolute atomic E-state index is 13.3. The normalized spacial score (nSPS) is 12.2. The molecule has 0 aliphatic carbocycles. The van der Waals surface area contributed by atoms with E-state index in [1.807, 2.05) is 0 Å². The molecule has 1 N–H and O–H groups in total. The molecule has 1 aromatic rings. The number of benzene rings is 1. The molecule has 0 bridgehead atoms. The van der Waals surface area contributed by atoms with Gasteiger partial charge in [-0.05, 0) is 47.6 Å². The second kappa shape index (κ2) is 5.96. The lowest BCUT2D eigenvalue weighted by molar-refractivity contribution is -0.145. The molecule has 88 valence electrons. The Balaban J connectivity index is 2.95. The monoisotopic (exact) mass is 289 g/mol. The molecule has 0 saturated heterocycles. The smallest absolute Gasteiger partial charge is 0.327 e. The van der Waals surface area contributed by atoms with Crippen molar-refractivity contribution in [3.63, 3.8) is 0 Å². The molecule has 16 heavy (non-hydrogen) atoms. The van der Waals surface area contributed by atoms with Crippen LogP contribution in [0.25, 0.3) is 0 Å². The van der Waals surface area contributed by atoms with E-state index in [1.54, 1.807) is 26.1 Å². The number of ether oxygens (including phenoxy) is 1. The highest BCUT2D eigenvalue weighted by Crippen LogP contribution is 2.21. The minimum absolute atomic E-state index is 0.302. The molecule has 0 aromatic heterocycles. The van der Waals surface area contributed by atoms with Crippen molar-refractivity contribution in [2.45, 2.75) is 13.0 Å². The van der Waals surface area contributed by atoms with Gasteiger partial charge in [0.2, 0.25) is 0 Å². The van der Waals surface area contributed by atoms with Gasteiger partial charge >= 0.3 is 5.97 Å². The fourth-order valence-corrected chi connectivity index (χ4v) is 1.58. The van der Waals surface area contributed by atoms with Gasteiger partial charge in [-0.25, -0.2) is 9.18 Å². The summed E-state index contributed by atoms with van der Waals surface area (Å²) >= 11 is 3.06. The van der Waals surface area contributed by atoms with Crippen LogP contribution in [0.2, 0.25) is 0 Å². The number of rotatable bonds is 4. The summed E-state index contributed by atoms with van der Waals surface area (Å²) in [6, 6.07) is 3.91. The topological polar surface area (TPSA) is 38.3 Å². The number of halogens is 2. The van der Waals surface area contributed by atoms with Gasteiger partial charge in [0.25, 0.3) is 0 Å². The van der Waals surface area contributed by atoms with E-state index in [4.69, 9.17) is 4.74 Å². The van der Waals surface area contributed by atoms with Crippen molar-refractivity contribution in [2.24, 2.45) is 0 Å². The minimum atomic E-state index is -0.637. The zero-order chi connectivity index (χ0) is 12.1. The maximum Gasteiger partial charge on any atom is 0.327 e. The summed E-state index contributed by atoms with van der Waals surface area (Å²) in [4.78, 5) is 11.6. The first-order chi connectivity index (χ1) is 7.60. The van der Waals surface area contributed by atoms with E-state index in [0.717, 1.165) is 0 Å². The first kappa shape index (κ1) is 13.1. The molecule has 1 unspecified atom stereocenters. The third kappa shape index (κ3) is 3.02. The zero-order valence-electron chi connectivity index (χ0n) is 9.09. The summed E-state index contributed by atoms with van der Waals surface area (Å²) in [5.41, 5.74) is 0.543. The van der Waals surface area contributed by atoms with Crippen LogP contribution < -0.4 is 5.32 Å². The van der Waals surface area contributed by atoms with Crippen LogP contribution in [0.3, 0.4) is 0 Å². The van der Waals surface area contributed by atoms with Crippen LogP contribution in [0.5, 0.6) is 0 Å². The highest BCUT2D eigenvalue weighted by Gasteiger charge is 2.20. The van der Waals surface area contributed by atoms with E-state index < -0.39 is 17.8 Å². The first-order valence-electron chi connectivity index (χ1n) is 4.89. The van der Waals surface area contributed by atoms with Crippen LogP contribution in [0.15, 0.2) is 22.7 Å². The van der Waals surface area contributed by atoms with E-state index in [2.05, 4.69) is 21.2 Å². The molecule has 1 aromatic carbocycles. The largest absolute Gasteiger partial charge is 0.465 e. The number of hydrogen-bond acceptors (Lipinski definition) is 3. The Labute approximate surface area is 102 Å². The lowest BCUT2D eigenvalue weighted by Crippen LogP contribution is -2.27. The quantitative estimate of drug-likeness (QED) is 0.865. The van der Waals surface area contributed by atoms with Gasteiger partial charge in [-0.15, -0.1) is 0 Å². The summed E-state index contributed by atoms with van der Waals surface area (Å²) in [5, 5.41) is 2.79. The Kier molecular flexibility index (Phi) is 4.89. The standard InChI is InChI=1S/C11H13BrFNO2/c1-3-16-11(15)10(14-2)7-4-5-8(12)9(13)6-7/h4-6,10,14H,3H2,1-2H3. The van der Waals surface area contributed by atoms with Crippen LogP contribution in [0, 0.1) is 5.82 Å². The molecule has 1 atom stereocenters. The van der Waals surface area contributed by atoms with Gasteiger partial charge in [-0.1, -0.05) is 6.07 Å². The van der Waals surface area contributed by atoms with Gasteiger partial charge in [0.1, 0.15) is 11.9 Å². The fraction of sp³-hybridized carbons (Fsp3) is 0.364. The molecule has 5 heteroatoms. The lowest BCUT2D eigenvalue weighted by atomic mass is 10.1. The van der Waals surface area contributed by atoms with Crippen molar-refractivity contribution < 1.29 is 13.9 Å². The molecular weight excluding hydrogens is 277 g/mol. The molecule has 0 fully saturated rings. The van der Waals surface area contributed by atoms with Crippen molar-refractivity contribution in [3.05, 3.63) is 34.1 Å². The van der Waals surface area contributed by atoms with Gasteiger partial charge < -0.3 is 10.1 Å². The minimum Gasteiger partial charge on any atom is -0.465 e. The number of carbonyl (C=O) groups excluding carboxylic acids is 1. The Morgan fingerprint density at radius 3 is 2.81 bits per heavy atom. The van der Waals surface area contributed by atoms with Crippen molar-refractivity contribution in [1.29, 1.82) is 0 Å². The summed E-state index contributed by atoms with van der Waals surface area (Å²) in [6.07, 6.45) is 0. The van der Waals surface area contributed by atoms with Gasteiger partial charge in [0.15, 0.2) is 0 Å². The van der Waals surface area contributed by atoms with Crippen molar-refractivity contribution in [1.82, 2.24) is 5.32 Å². The lowest BCUT2D eigenvalue weighted by Gasteiger charge is -2.15. The summed E-state index contributed by atoms with van der Waals surface area (Å²) in [7, 11) is 1.63. The second-order valence-electron chi connectivity index (χ2n) is 3.15. The van der Waals surface area contributed by atoms with E-state index in [-0.39, 0.29) is 0 Å². The van der Waals surface area contributed by atoms with Crippen LogP contribution in [0.4, 0.5) is 4.39 Å². The number of nitrogens with one attached hydrogen (secondary N) is 1. The number of esters is 1. The van der Waals surface area contributed by atoms with Crippen LogP contribution in [0.1, 0.15) is 18.5 Å². The summed E-state index contributed by atoms with van der Waals surface area (Å²) in [5.74, 6) is -0.811. The van der Waals surface area contributed by atoms with E-state index in [1.165, 1.54) is 6.07 Å². The molecule has 1 rings (SSSR count). The Morgan fingerprint density at radius 2 is 2.31 bits per heavy atom. The highest BCUT2D eigenvalue weighted by molar-refractivity contribution is 9.10. The third-order valence-electron chi connectivity index (χ3n) is 2.09. The van der Waals surface area contributed by atoms with Crippen molar-refractivity contribution in [2.75, 3.05) is 13.7 Å². The SMILES string of the molecule is CCOC(=O)C(NC)c1ccc(Br)c(F)c1. The van der Waals surface area contributed by atoms with Gasteiger partial charge in [0.05, 0.1) is 11.1 Å². The van der Waals surface area contributed by atoms with Gasteiger partial charge in [0, 0.05) is 0 Å². The van der Waals surface area contributed by atoms with E-state index in [0.29, 0.717) is 16.6 Å². The predicted molar refractivity (Wildman–Crippen MR) is 62.5 cm³/mol. The maximum atomic E-state index is 13.3. The average molecular weight is 290 g/mol. The van der Waals surface area contributed by atoms with Crippen molar-refractivity contribution in [3.8, 4) is 0 Å². The third-order valence-corrected chi connectivity index (χ3v) is 2.73. The highest BCUT2D eigenvalue weighted by atomic mass is 79.9. The Hall–Kier alpha value is -0.940. The second-order valence-corrected chi connectivity index (χ2v) is 4.00. The molecule has 0 radical (unpaired) electrons. The molecular formula is C11H13BrFNO2. The van der Waals surface area contributed by atoms with Crippen LogP contribution in [-0.2, 0) is 9.53 Å². The summed E-state index contributed by atoms with van der Waals surface area (Å²) in [6.45, 7) is 2.03. The molecule has 0 spiro atoms. The molecule has 0 aliphatic rings. The molecule has 0 aliphatic heterocycles. The van der Waals surface area contributed by atoms with Crippen LogP contribution in [-0.4, -0.2) is 19.6 Å². The molecule has 0 saturated carbocycles. The Morgan fingerprint density at radius 1 is 1.62 bits per heavy atom. The first-order valence-corrected chi connectivity index (χ1v) is 5.68. The summed E-state index contributed by atoms with van der Waals surface area (Å²) < 4.78 is 18.6.